The summed E-state index contributed by atoms with van der Waals surface area (Å²) in [6, 6.07) is 14.1. The van der Waals surface area contributed by atoms with Crippen molar-refractivity contribution in [2.75, 3.05) is 25.1 Å². The van der Waals surface area contributed by atoms with Gasteiger partial charge in [0, 0.05) is 30.8 Å². The Morgan fingerprint density at radius 2 is 2.00 bits per heavy atom. The summed E-state index contributed by atoms with van der Waals surface area (Å²) in [5.41, 5.74) is 1.85. The van der Waals surface area contributed by atoms with Crippen molar-refractivity contribution in [1.29, 1.82) is 0 Å². The van der Waals surface area contributed by atoms with Crippen LogP contribution in [0, 0.1) is 5.92 Å². The number of carbonyl (C=O) groups is 3. The predicted molar refractivity (Wildman–Crippen MR) is 108 cm³/mol. The van der Waals surface area contributed by atoms with Crippen molar-refractivity contribution in [3.05, 3.63) is 59.7 Å². The van der Waals surface area contributed by atoms with Crippen LogP contribution in [-0.2, 0) is 16.0 Å². The zero-order valence-electron chi connectivity index (χ0n) is 16.3. The molecule has 0 spiro atoms. The molecule has 1 saturated heterocycles. The first-order valence-corrected chi connectivity index (χ1v) is 9.53. The number of methoxy groups -OCH3 is 1. The van der Waals surface area contributed by atoms with E-state index >= 15 is 0 Å². The number of ether oxygens (including phenoxy) is 1. The van der Waals surface area contributed by atoms with Gasteiger partial charge in [0.25, 0.3) is 5.91 Å². The van der Waals surface area contributed by atoms with Gasteiger partial charge < -0.3 is 20.1 Å². The Balaban J connectivity index is 1.66. The smallest absolute Gasteiger partial charge is 0.308 e. The predicted octanol–water partition coefficient (Wildman–Crippen LogP) is 2.50. The molecule has 0 bridgehead atoms. The fourth-order valence-corrected chi connectivity index (χ4v) is 3.44. The van der Waals surface area contributed by atoms with E-state index in [4.69, 9.17) is 4.74 Å². The lowest BCUT2D eigenvalue weighted by Gasteiger charge is -2.17. The molecule has 1 fully saturated rings. The summed E-state index contributed by atoms with van der Waals surface area (Å²) in [7, 11) is 1.54. The van der Waals surface area contributed by atoms with Crippen LogP contribution in [0.1, 0.15) is 28.8 Å². The number of para-hydroxylation sites is 1. The van der Waals surface area contributed by atoms with Gasteiger partial charge in [-0.15, -0.1) is 0 Å². The number of aliphatic carboxylic acids is 1. The number of amides is 2. The normalized spacial score (nSPS) is 14.5. The zero-order valence-corrected chi connectivity index (χ0v) is 16.3. The molecular formula is C22H24N2O5. The molecule has 1 unspecified atom stereocenters. The maximum absolute atomic E-state index is 12.6. The van der Waals surface area contributed by atoms with Gasteiger partial charge in [-0.2, -0.15) is 0 Å². The summed E-state index contributed by atoms with van der Waals surface area (Å²) >= 11 is 0. The lowest BCUT2D eigenvalue weighted by atomic mass is 9.98. The second-order valence-electron chi connectivity index (χ2n) is 6.96. The molecule has 0 radical (unpaired) electrons. The van der Waals surface area contributed by atoms with E-state index in [1.54, 1.807) is 35.2 Å². The standard InChI is InChI=1S/C22H24N2O5/c1-29-19-9-3-2-6-15(19)12-17(22(27)28)14-23-21(26)16-7-4-8-18(13-16)24-11-5-10-20(24)25/h2-4,6-9,13,17H,5,10-12,14H2,1H3,(H,23,26)(H,27,28). The van der Waals surface area contributed by atoms with E-state index in [0.717, 1.165) is 12.0 Å². The number of carboxylic acids is 1. The maximum atomic E-state index is 12.6. The Labute approximate surface area is 169 Å². The average Bonchev–Trinajstić information content (AvgIpc) is 3.17. The summed E-state index contributed by atoms with van der Waals surface area (Å²) < 4.78 is 5.28. The zero-order chi connectivity index (χ0) is 20.8. The summed E-state index contributed by atoms with van der Waals surface area (Å²) in [4.78, 5) is 37.8. The van der Waals surface area contributed by atoms with Gasteiger partial charge in [-0.3, -0.25) is 14.4 Å². The van der Waals surface area contributed by atoms with E-state index in [9.17, 15) is 19.5 Å². The van der Waals surface area contributed by atoms with E-state index in [1.165, 1.54) is 7.11 Å². The van der Waals surface area contributed by atoms with Crippen LogP contribution in [0.25, 0.3) is 0 Å². The van der Waals surface area contributed by atoms with Gasteiger partial charge in [0.2, 0.25) is 5.91 Å². The molecule has 29 heavy (non-hydrogen) atoms. The fraction of sp³-hybridized carbons (Fsp3) is 0.318. The van der Waals surface area contributed by atoms with Crippen molar-refractivity contribution in [3.63, 3.8) is 0 Å². The van der Waals surface area contributed by atoms with Crippen LogP contribution in [0.3, 0.4) is 0 Å². The number of carbonyl (C=O) groups excluding carboxylic acids is 2. The van der Waals surface area contributed by atoms with Crippen molar-refractivity contribution >= 4 is 23.5 Å². The molecule has 7 nitrogen and oxygen atoms in total. The average molecular weight is 396 g/mol. The minimum Gasteiger partial charge on any atom is -0.496 e. The van der Waals surface area contributed by atoms with Crippen LogP contribution in [-0.4, -0.2) is 43.1 Å². The van der Waals surface area contributed by atoms with Crippen LogP contribution < -0.4 is 15.0 Å². The lowest BCUT2D eigenvalue weighted by Crippen LogP contribution is -2.34. The molecule has 7 heteroatoms. The molecule has 1 aliphatic rings. The van der Waals surface area contributed by atoms with Crippen molar-refractivity contribution in [3.8, 4) is 5.75 Å². The second kappa shape index (κ2) is 9.23. The topological polar surface area (TPSA) is 95.9 Å². The highest BCUT2D eigenvalue weighted by atomic mass is 16.5. The minimum absolute atomic E-state index is 0.0148. The van der Waals surface area contributed by atoms with Crippen molar-refractivity contribution in [1.82, 2.24) is 5.32 Å². The van der Waals surface area contributed by atoms with Crippen molar-refractivity contribution in [2.24, 2.45) is 5.92 Å². The van der Waals surface area contributed by atoms with Gasteiger partial charge >= 0.3 is 5.97 Å². The molecule has 152 valence electrons. The van der Waals surface area contributed by atoms with Gasteiger partial charge in [-0.05, 0) is 42.7 Å². The number of anilines is 1. The molecule has 0 aliphatic carbocycles. The van der Waals surface area contributed by atoms with Crippen molar-refractivity contribution in [2.45, 2.75) is 19.3 Å². The molecular weight excluding hydrogens is 372 g/mol. The number of nitrogens with one attached hydrogen (secondary N) is 1. The number of rotatable bonds is 8. The molecule has 2 amide bonds. The van der Waals surface area contributed by atoms with Gasteiger partial charge in [-0.25, -0.2) is 0 Å². The first kappa shape index (κ1) is 20.4. The third-order valence-corrected chi connectivity index (χ3v) is 5.01. The molecule has 3 rings (SSSR count). The van der Waals surface area contributed by atoms with E-state index in [1.807, 2.05) is 18.2 Å². The van der Waals surface area contributed by atoms with Crippen LogP contribution in [0.4, 0.5) is 5.69 Å². The highest BCUT2D eigenvalue weighted by molar-refractivity contribution is 5.99. The quantitative estimate of drug-likeness (QED) is 0.715. The van der Waals surface area contributed by atoms with Gasteiger partial charge in [0.15, 0.2) is 0 Å². The SMILES string of the molecule is COc1ccccc1CC(CNC(=O)c1cccc(N2CCCC2=O)c1)C(=O)O. The first-order valence-electron chi connectivity index (χ1n) is 9.53. The van der Waals surface area contributed by atoms with E-state index < -0.39 is 11.9 Å². The maximum Gasteiger partial charge on any atom is 0.308 e. The molecule has 1 aliphatic heterocycles. The number of hydrogen-bond donors (Lipinski definition) is 2. The third kappa shape index (κ3) is 4.93. The van der Waals surface area contributed by atoms with Crippen LogP contribution in [0.2, 0.25) is 0 Å². The van der Waals surface area contributed by atoms with Gasteiger partial charge in [0.05, 0.1) is 13.0 Å². The number of carboxylic acid groups (broad SMARTS) is 1. The monoisotopic (exact) mass is 396 g/mol. The minimum atomic E-state index is -0.993. The number of nitrogens with zero attached hydrogens (tertiary/aromatic N) is 1. The van der Waals surface area contributed by atoms with Crippen molar-refractivity contribution < 1.29 is 24.2 Å². The third-order valence-electron chi connectivity index (χ3n) is 5.01. The Hall–Kier alpha value is -3.35. The Kier molecular flexibility index (Phi) is 6.49. The summed E-state index contributed by atoms with van der Waals surface area (Å²) in [6.45, 7) is 0.628. The Morgan fingerprint density at radius 1 is 1.21 bits per heavy atom. The van der Waals surface area contributed by atoms with Gasteiger partial charge in [-0.1, -0.05) is 24.3 Å². The van der Waals surface area contributed by atoms with Crippen LogP contribution in [0.5, 0.6) is 5.75 Å². The highest BCUT2D eigenvalue weighted by Gasteiger charge is 2.23. The van der Waals surface area contributed by atoms with Crippen LogP contribution in [0.15, 0.2) is 48.5 Å². The molecule has 2 aromatic carbocycles. The van der Waals surface area contributed by atoms with E-state index in [0.29, 0.717) is 30.0 Å². The molecule has 1 atom stereocenters. The second-order valence-corrected chi connectivity index (χ2v) is 6.96. The highest BCUT2D eigenvalue weighted by Crippen LogP contribution is 2.23. The molecule has 0 aromatic heterocycles. The molecule has 1 heterocycles. The summed E-state index contributed by atoms with van der Waals surface area (Å²) in [5, 5.41) is 12.3. The fourth-order valence-electron chi connectivity index (χ4n) is 3.44. The lowest BCUT2D eigenvalue weighted by molar-refractivity contribution is -0.141. The Morgan fingerprint density at radius 3 is 2.69 bits per heavy atom. The van der Waals surface area contributed by atoms with Crippen LogP contribution >= 0.6 is 0 Å². The van der Waals surface area contributed by atoms with Gasteiger partial charge in [0.1, 0.15) is 5.75 Å². The molecule has 0 saturated carbocycles. The molecule has 2 N–H and O–H groups in total. The number of benzene rings is 2. The van der Waals surface area contributed by atoms with E-state index in [2.05, 4.69) is 5.32 Å². The Bertz CT molecular complexity index is 912. The summed E-state index contributed by atoms with van der Waals surface area (Å²) in [6.07, 6.45) is 1.56. The van der Waals surface area contributed by atoms with E-state index in [-0.39, 0.29) is 24.8 Å². The number of hydrogen-bond acceptors (Lipinski definition) is 4. The first-order chi connectivity index (χ1) is 14.0. The molecule has 2 aromatic rings. The largest absolute Gasteiger partial charge is 0.496 e. The summed E-state index contributed by atoms with van der Waals surface area (Å²) in [5.74, 6) is -1.49.